The van der Waals surface area contributed by atoms with Gasteiger partial charge in [-0.05, 0) is 37.1 Å². The lowest BCUT2D eigenvalue weighted by Gasteiger charge is -2.39. The zero-order chi connectivity index (χ0) is 14.4. The fourth-order valence-electron chi connectivity index (χ4n) is 2.26. The van der Waals surface area contributed by atoms with Gasteiger partial charge < -0.3 is 14.6 Å². The molecule has 1 aliphatic heterocycles. The molecular formula is C16H24O3S. The van der Waals surface area contributed by atoms with Crippen LogP contribution in [0.3, 0.4) is 0 Å². The molecule has 0 atom stereocenters. The molecule has 1 heterocycles. The van der Waals surface area contributed by atoms with Crippen molar-refractivity contribution < 1.29 is 14.6 Å². The molecule has 112 valence electrons. The van der Waals surface area contributed by atoms with Gasteiger partial charge in [-0.1, -0.05) is 18.2 Å². The second-order valence-corrected chi connectivity index (χ2v) is 6.73. The highest BCUT2D eigenvalue weighted by Crippen LogP contribution is 2.31. The Labute approximate surface area is 125 Å². The minimum Gasteiger partial charge on any atom is -0.493 e. The fraction of sp³-hybridized carbons (Fsp3) is 0.625. The molecule has 0 aromatic heterocycles. The van der Waals surface area contributed by atoms with Gasteiger partial charge in [-0.15, -0.1) is 0 Å². The highest BCUT2D eigenvalue weighted by molar-refractivity contribution is 7.99. The molecule has 1 saturated heterocycles. The summed E-state index contributed by atoms with van der Waals surface area (Å²) in [4.78, 5) is 0. The third-order valence-corrected chi connectivity index (χ3v) is 5.04. The van der Waals surface area contributed by atoms with Gasteiger partial charge in [0.15, 0.2) is 0 Å². The van der Waals surface area contributed by atoms with E-state index in [-0.39, 0.29) is 12.0 Å². The maximum atomic E-state index is 9.33. The van der Waals surface area contributed by atoms with E-state index in [0.29, 0.717) is 13.2 Å². The van der Waals surface area contributed by atoms with E-state index < -0.39 is 0 Å². The first kappa shape index (κ1) is 15.7. The van der Waals surface area contributed by atoms with Crippen LogP contribution in [0, 0.1) is 19.3 Å². The van der Waals surface area contributed by atoms with Gasteiger partial charge in [0.1, 0.15) is 5.75 Å². The fourth-order valence-corrected chi connectivity index (χ4v) is 3.42. The summed E-state index contributed by atoms with van der Waals surface area (Å²) in [6.07, 6.45) is 1.03. The Morgan fingerprint density at radius 3 is 2.55 bits per heavy atom. The minimum absolute atomic E-state index is 0.0259. The standard InChI is InChI=1S/C16H24O3S/c1-13-5-3-6-14(2)15(13)19-7-4-8-20-12-16(9-17)10-18-11-16/h3,5-6,17H,4,7-12H2,1-2H3. The Balaban J connectivity index is 1.62. The second kappa shape index (κ2) is 7.34. The Bertz CT molecular complexity index is 404. The van der Waals surface area contributed by atoms with Crippen molar-refractivity contribution in [2.24, 2.45) is 5.41 Å². The molecule has 1 N–H and O–H groups in total. The van der Waals surface area contributed by atoms with Crippen molar-refractivity contribution in [3.8, 4) is 5.75 Å². The zero-order valence-corrected chi connectivity index (χ0v) is 13.2. The normalized spacial score (nSPS) is 16.8. The Hall–Kier alpha value is -0.710. The third-order valence-electron chi connectivity index (χ3n) is 3.65. The van der Waals surface area contributed by atoms with Gasteiger partial charge in [0.25, 0.3) is 0 Å². The summed E-state index contributed by atoms with van der Waals surface area (Å²) in [6, 6.07) is 6.22. The molecule has 0 unspecified atom stereocenters. The number of thioether (sulfide) groups is 1. The minimum atomic E-state index is 0.0259. The van der Waals surface area contributed by atoms with Gasteiger partial charge in [0, 0.05) is 11.2 Å². The molecule has 1 aromatic rings. The molecule has 0 bridgehead atoms. The molecule has 1 aromatic carbocycles. The predicted molar refractivity (Wildman–Crippen MR) is 83.7 cm³/mol. The Kier molecular flexibility index (Phi) is 5.75. The monoisotopic (exact) mass is 296 g/mol. The average molecular weight is 296 g/mol. The molecular weight excluding hydrogens is 272 g/mol. The number of aliphatic hydroxyl groups is 1. The summed E-state index contributed by atoms with van der Waals surface area (Å²) < 4.78 is 11.1. The molecule has 20 heavy (non-hydrogen) atoms. The third kappa shape index (κ3) is 3.90. The number of hydrogen-bond donors (Lipinski definition) is 1. The first-order valence-electron chi connectivity index (χ1n) is 7.12. The summed E-state index contributed by atoms with van der Waals surface area (Å²) in [6.45, 7) is 6.56. The van der Waals surface area contributed by atoms with E-state index in [1.165, 1.54) is 11.1 Å². The summed E-state index contributed by atoms with van der Waals surface area (Å²) in [5, 5.41) is 9.33. The summed E-state index contributed by atoms with van der Waals surface area (Å²) >= 11 is 1.88. The molecule has 0 saturated carbocycles. The van der Waals surface area contributed by atoms with Crippen LogP contribution in [0.4, 0.5) is 0 Å². The summed E-state index contributed by atoms with van der Waals surface area (Å²) in [5.74, 6) is 3.07. The molecule has 2 rings (SSSR count). The number of ether oxygens (including phenoxy) is 2. The van der Waals surface area contributed by atoms with Gasteiger partial charge in [-0.3, -0.25) is 0 Å². The van der Waals surface area contributed by atoms with Crippen molar-refractivity contribution in [2.45, 2.75) is 20.3 Å². The van der Waals surface area contributed by atoms with Crippen LogP contribution in [0.5, 0.6) is 5.75 Å². The van der Waals surface area contributed by atoms with E-state index in [1.807, 2.05) is 11.8 Å². The van der Waals surface area contributed by atoms with Crippen molar-refractivity contribution in [1.82, 2.24) is 0 Å². The molecule has 0 radical (unpaired) electrons. The molecule has 1 aliphatic rings. The van der Waals surface area contributed by atoms with E-state index in [4.69, 9.17) is 9.47 Å². The van der Waals surface area contributed by atoms with E-state index in [9.17, 15) is 5.11 Å². The lowest BCUT2D eigenvalue weighted by molar-refractivity contribution is -0.121. The Morgan fingerprint density at radius 1 is 1.30 bits per heavy atom. The molecule has 1 fully saturated rings. The number of aryl methyl sites for hydroxylation is 2. The molecule has 4 heteroatoms. The Morgan fingerprint density at radius 2 is 2.00 bits per heavy atom. The quantitative estimate of drug-likeness (QED) is 0.749. The van der Waals surface area contributed by atoms with E-state index in [1.54, 1.807) is 0 Å². The zero-order valence-electron chi connectivity index (χ0n) is 12.4. The van der Waals surface area contributed by atoms with Crippen molar-refractivity contribution >= 4 is 11.8 Å². The lowest BCUT2D eigenvalue weighted by atomic mass is 9.90. The maximum absolute atomic E-state index is 9.33. The highest BCUT2D eigenvalue weighted by atomic mass is 32.2. The first-order valence-corrected chi connectivity index (χ1v) is 8.28. The van der Waals surface area contributed by atoms with E-state index in [0.717, 1.165) is 30.3 Å². The predicted octanol–water partition coefficient (Wildman–Crippen LogP) is 2.81. The first-order chi connectivity index (χ1) is 9.67. The van der Waals surface area contributed by atoms with Crippen LogP contribution in [0.15, 0.2) is 18.2 Å². The lowest BCUT2D eigenvalue weighted by Crippen LogP contribution is -2.47. The van der Waals surface area contributed by atoms with Gasteiger partial charge in [0.05, 0.1) is 26.4 Å². The van der Waals surface area contributed by atoms with E-state index >= 15 is 0 Å². The van der Waals surface area contributed by atoms with Crippen molar-refractivity contribution in [3.63, 3.8) is 0 Å². The summed E-state index contributed by atoms with van der Waals surface area (Å²) in [7, 11) is 0. The van der Waals surface area contributed by atoms with Gasteiger partial charge in [0.2, 0.25) is 0 Å². The van der Waals surface area contributed by atoms with Gasteiger partial charge >= 0.3 is 0 Å². The van der Waals surface area contributed by atoms with Crippen LogP contribution in [-0.2, 0) is 4.74 Å². The highest BCUT2D eigenvalue weighted by Gasteiger charge is 2.37. The smallest absolute Gasteiger partial charge is 0.125 e. The molecule has 0 spiro atoms. The summed E-state index contributed by atoms with van der Waals surface area (Å²) in [5.41, 5.74) is 2.42. The van der Waals surface area contributed by atoms with Crippen LogP contribution in [0.2, 0.25) is 0 Å². The maximum Gasteiger partial charge on any atom is 0.125 e. The van der Waals surface area contributed by atoms with Crippen molar-refractivity contribution in [3.05, 3.63) is 29.3 Å². The van der Waals surface area contributed by atoms with E-state index in [2.05, 4.69) is 32.0 Å². The molecule has 0 amide bonds. The number of hydrogen-bond acceptors (Lipinski definition) is 4. The second-order valence-electron chi connectivity index (χ2n) is 5.63. The number of para-hydroxylation sites is 1. The SMILES string of the molecule is Cc1cccc(C)c1OCCCSCC1(CO)COC1. The van der Waals surface area contributed by atoms with Gasteiger partial charge in [-0.25, -0.2) is 0 Å². The number of benzene rings is 1. The van der Waals surface area contributed by atoms with Crippen LogP contribution < -0.4 is 4.74 Å². The number of aliphatic hydroxyl groups excluding tert-OH is 1. The molecule has 0 aliphatic carbocycles. The topological polar surface area (TPSA) is 38.7 Å². The van der Waals surface area contributed by atoms with Crippen molar-refractivity contribution in [2.75, 3.05) is 37.9 Å². The average Bonchev–Trinajstić information content (AvgIpc) is 2.39. The van der Waals surface area contributed by atoms with Crippen LogP contribution >= 0.6 is 11.8 Å². The van der Waals surface area contributed by atoms with Crippen LogP contribution in [-0.4, -0.2) is 43.0 Å². The van der Waals surface area contributed by atoms with Crippen LogP contribution in [0.1, 0.15) is 17.5 Å². The molecule has 3 nitrogen and oxygen atoms in total. The van der Waals surface area contributed by atoms with Gasteiger partial charge in [-0.2, -0.15) is 11.8 Å². The number of rotatable bonds is 8. The van der Waals surface area contributed by atoms with Crippen molar-refractivity contribution in [1.29, 1.82) is 0 Å². The van der Waals surface area contributed by atoms with Crippen LogP contribution in [0.25, 0.3) is 0 Å². The largest absolute Gasteiger partial charge is 0.493 e.